The van der Waals surface area contributed by atoms with Crippen molar-refractivity contribution in [3.8, 4) is 89.8 Å². The minimum atomic E-state index is -0.307. The van der Waals surface area contributed by atoms with E-state index < -0.39 is 0 Å². The molecule has 1 fully saturated rings. The maximum absolute atomic E-state index is 6.01. The Morgan fingerprint density at radius 3 is 1.14 bits per heavy atom. The van der Waals surface area contributed by atoms with E-state index in [1.54, 1.807) is 69.1 Å². The lowest BCUT2D eigenvalue weighted by atomic mass is 9.82. The minimum absolute atomic E-state index is 0.169. The van der Waals surface area contributed by atoms with Gasteiger partial charge in [0.25, 0.3) is 0 Å². The normalized spacial score (nSPS) is 12.2. The van der Waals surface area contributed by atoms with Crippen molar-refractivity contribution in [2.24, 2.45) is 5.84 Å². The van der Waals surface area contributed by atoms with Crippen molar-refractivity contribution < 1.29 is 9.31 Å². The van der Waals surface area contributed by atoms with E-state index in [9.17, 15) is 0 Å². The van der Waals surface area contributed by atoms with E-state index in [0.29, 0.717) is 71.2 Å². The molecule has 0 amide bonds. The maximum atomic E-state index is 6.01. The molecule has 0 aliphatic carbocycles. The number of aromatic amines is 3. The van der Waals surface area contributed by atoms with Crippen molar-refractivity contribution in [1.82, 2.24) is 119 Å². The molecule has 0 unspecified atom stereocenters. The van der Waals surface area contributed by atoms with Crippen molar-refractivity contribution in [3.63, 3.8) is 0 Å². The van der Waals surface area contributed by atoms with Crippen LogP contribution >= 0.6 is 71.0 Å². The SMILES string of the molecule is CC1(C)OB(c2cn[nH]c2)OC1(C)C.NNc1nc(N)nc(-c2ccccc2)c1Br.Nc1nc(-c2ccccc2)c(-c2cn[nH]c2)c2nncn12.Nc1nc(-c2ccccc2)c(-c2cn[nH]c2)c2nncn12.Nc1nc(-c2ccccc2)c(Br)c2nncn12.Nc1nc(Cl)c(Br)c(-c2ccccc2)n1.Nc1nc(Cl)cc(-c2ccccc2)n1. The molecule has 118 heavy (non-hydrogen) atoms. The number of aromatic nitrogens is 24. The van der Waals surface area contributed by atoms with Gasteiger partial charge in [-0.1, -0.05) is 205 Å². The second-order valence-electron chi connectivity index (χ2n) is 26.1. The monoisotopic (exact) mass is 1800 g/mol. The van der Waals surface area contributed by atoms with Gasteiger partial charge in [0.2, 0.25) is 35.7 Å². The summed E-state index contributed by atoms with van der Waals surface area (Å²) in [5.41, 5.74) is 53.0. The van der Waals surface area contributed by atoms with Gasteiger partial charge < -0.3 is 49.1 Å². The largest absolute Gasteiger partial charge is 0.498 e. The van der Waals surface area contributed by atoms with E-state index in [0.717, 1.165) is 88.3 Å². The van der Waals surface area contributed by atoms with Crippen molar-refractivity contribution in [2.45, 2.75) is 38.9 Å². The summed E-state index contributed by atoms with van der Waals surface area (Å²) in [6.07, 6.45) is 15.2. The first kappa shape index (κ1) is 82.4. The fourth-order valence-corrected chi connectivity index (χ4v) is 13.4. The molecular formula is C78H70BBr3Cl2N32O2. The van der Waals surface area contributed by atoms with Crippen molar-refractivity contribution >= 4 is 142 Å². The molecule has 0 atom stereocenters. The second-order valence-corrected chi connectivity index (χ2v) is 29.2. The lowest BCUT2D eigenvalue weighted by Gasteiger charge is -2.32. The number of hydrogen-bond donors (Lipinski definition) is 11. The van der Waals surface area contributed by atoms with Crippen LogP contribution in [0.3, 0.4) is 0 Å². The third kappa shape index (κ3) is 19.2. The highest BCUT2D eigenvalue weighted by Gasteiger charge is 2.52. The first-order valence-electron chi connectivity index (χ1n) is 35.4. The molecule has 1 saturated heterocycles. The summed E-state index contributed by atoms with van der Waals surface area (Å²) < 4.78 is 18.7. The van der Waals surface area contributed by atoms with Crippen LogP contribution in [0.2, 0.25) is 10.3 Å². The van der Waals surface area contributed by atoms with Crippen LogP contribution in [0.4, 0.5) is 41.5 Å². The number of nitrogens with two attached hydrogens (primary N) is 7. The van der Waals surface area contributed by atoms with Crippen molar-refractivity contribution in [3.05, 3.63) is 268 Å². The summed E-state index contributed by atoms with van der Waals surface area (Å²) in [7, 11) is -0.307. The smallest absolute Gasteiger partial charge is 0.399 e. The third-order valence-corrected chi connectivity index (χ3v) is 20.8. The Bertz CT molecular complexity index is 6160. The predicted molar refractivity (Wildman–Crippen MR) is 468 cm³/mol. The molecule has 1 aliphatic heterocycles. The summed E-state index contributed by atoms with van der Waals surface area (Å²) in [4.78, 5) is 37.4. The third-order valence-electron chi connectivity index (χ3n) is 17.9. The fraction of sp³-hybridized carbons (Fsp3) is 0.0769. The minimum Gasteiger partial charge on any atom is -0.399 e. The molecule has 18 aromatic rings. The highest BCUT2D eigenvalue weighted by atomic mass is 79.9. The molecule has 12 aromatic heterocycles. The van der Waals surface area contributed by atoms with Crippen LogP contribution in [-0.2, 0) is 9.31 Å². The molecule has 592 valence electrons. The van der Waals surface area contributed by atoms with Crippen LogP contribution in [-0.4, -0.2) is 138 Å². The summed E-state index contributed by atoms with van der Waals surface area (Å²) in [5.74, 6) is 7.40. The Hall–Kier alpha value is -13.6. The highest BCUT2D eigenvalue weighted by Crippen LogP contribution is 2.40. The Balaban J connectivity index is 0.000000120. The standard InChI is InChI=1S/2C14H11N7.C11H8BrN5.C10H7BrClN3.C10H10BrN5.C10H8ClN3.C9H15BN2O2/c2*15-14-19-12(9-4-2-1-3-5-9)11(10-6-16-17-7-10)13-20-18-8-21(13)14;12-8-9(7-4-2-1-3-5-7)15-11(13)17-6-14-16-10(8)17;11-7-8(6-4-2-1-3-5-6)14-10(13)15-9(7)12;11-7-8(6-4-2-1-3-5-6)14-10(12)15-9(7)16-13;11-9-6-8(13-10(12)14-9)7-4-2-1-3-5-7;1-8(2)9(3,4)14-10(13-8)7-5-11-12-6-7/h2*1-8H,(H2,15,19)(H,16,17);1-6H,(H2,13,15);1-5H,(H2,13,14,15);1-5H,13H2,(H3,12,14,15,16);1-6H,(H2,12,13,14);5-6H,1-4H3,(H,11,12). The van der Waals surface area contributed by atoms with E-state index in [1.807, 2.05) is 210 Å². The van der Waals surface area contributed by atoms with E-state index in [2.05, 4.69) is 159 Å². The van der Waals surface area contributed by atoms with Gasteiger partial charge in [-0.05, 0) is 75.5 Å². The summed E-state index contributed by atoms with van der Waals surface area (Å²) in [6, 6.07) is 60.2. The average Bonchev–Trinajstić information content (AvgIpc) is 1.52. The maximum Gasteiger partial charge on any atom is 0.498 e. The molecule has 18 N–H and O–H groups in total. The van der Waals surface area contributed by atoms with Crippen LogP contribution in [0.5, 0.6) is 0 Å². The van der Waals surface area contributed by atoms with Gasteiger partial charge in [0.1, 0.15) is 29.3 Å². The molecule has 1 aliphatic rings. The molecule has 0 spiro atoms. The number of fused-ring (bicyclic) bond motifs is 3. The molecule has 40 heteroatoms. The quantitative estimate of drug-likeness (QED) is 0.0262. The topological polar surface area (TPSA) is 505 Å². The number of nitrogens with zero attached hydrogens (tertiary/aromatic N) is 21. The van der Waals surface area contributed by atoms with Gasteiger partial charge in [0, 0.05) is 80.8 Å². The molecule has 0 saturated carbocycles. The molecule has 13 heterocycles. The molecule has 0 bridgehead atoms. The zero-order chi connectivity index (χ0) is 83.0. The van der Waals surface area contributed by atoms with E-state index in [4.69, 9.17) is 72.8 Å². The predicted octanol–water partition coefficient (Wildman–Crippen LogP) is 13.7. The molecule has 0 radical (unpaired) electrons. The Morgan fingerprint density at radius 1 is 0.390 bits per heavy atom. The molecule has 19 rings (SSSR count). The summed E-state index contributed by atoms with van der Waals surface area (Å²) in [5, 5.41) is 45.0. The van der Waals surface area contributed by atoms with Crippen molar-refractivity contribution in [1.29, 1.82) is 0 Å². The van der Waals surface area contributed by atoms with Crippen molar-refractivity contribution in [2.75, 3.05) is 39.8 Å². The van der Waals surface area contributed by atoms with Gasteiger partial charge in [0.15, 0.2) is 22.8 Å². The fourth-order valence-electron chi connectivity index (χ4n) is 11.5. The molecule has 34 nitrogen and oxygen atoms in total. The van der Waals surface area contributed by atoms with Gasteiger partial charge in [0.05, 0.1) is 82.3 Å². The van der Waals surface area contributed by atoms with Gasteiger partial charge in [-0.25, -0.2) is 45.7 Å². The van der Waals surface area contributed by atoms with Crippen LogP contribution < -0.4 is 51.1 Å². The number of rotatable bonds is 10. The first-order valence-corrected chi connectivity index (χ1v) is 38.5. The second kappa shape index (κ2) is 37.3. The average molecular weight is 1810 g/mol. The first-order chi connectivity index (χ1) is 57.0. The number of nitrogens with one attached hydrogen (secondary N) is 4. The number of anilines is 7. The number of benzene rings is 6. The van der Waals surface area contributed by atoms with Gasteiger partial charge in [-0.3, -0.25) is 28.5 Å². The molecular weight excluding hydrogens is 1740 g/mol. The Labute approximate surface area is 707 Å². The Kier molecular flexibility index (Phi) is 26.1. The van der Waals surface area contributed by atoms with E-state index >= 15 is 0 Å². The lowest BCUT2D eigenvalue weighted by molar-refractivity contribution is 0.00578. The number of hydrazine groups is 1. The van der Waals surface area contributed by atoms with Crippen LogP contribution in [0.1, 0.15) is 27.7 Å². The van der Waals surface area contributed by atoms with Crippen LogP contribution in [0.25, 0.3) is 107 Å². The van der Waals surface area contributed by atoms with E-state index in [1.165, 1.54) is 6.33 Å². The van der Waals surface area contributed by atoms with E-state index in [-0.39, 0.29) is 36.2 Å². The van der Waals surface area contributed by atoms with Gasteiger partial charge >= 0.3 is 7.12 Å². The number of halogens is 5. The van der Waals surface area contributed by atoms with Crippen LogP contribution in [0, 0.1) is 0 Å². The van der Waals surface area contributed by atoms with Crippen LogP contribution in [0.15, 0.2) is 258 Å². The highest BCUT2D eigenvalue weighted by molar-refractivity contribution is 9.11. The number of hydrogen-bond acceptors (Lipinski definition) is 28. The number of nitrogen functional groups attached to an aromatic ring is 7. The van der Waals surface area contributed by atoms with Gasteiger partial charge in [-0.15, -0.1) is 30.6 Å². The summed E-state index contributed by atoms with van der Waals surface area (Å²) in [6.45, 7) is 8.14. The molecule has 6 aromatic carbocycles. The van der Waals surface area contributed by atoms with Gasteiger partial charge in [-0.2, -0.15) is 20.3 Å². The summed E-state index contributed by atoms with van der Waals surface area (Å²) >= 11 is 21.9. The lowest BCUT2D eigenvalue weighted by Crippen LogP contribution is -2.41. The zero-order valence-electron chi connectivity index (χ0n) is 62.8. The zero-order valence-corrected chi connectivity index (χ0v) is 69.1. The number of H-pyrrole nitrogens is 3. The Morgan fingerprint density at radius 2 is 0.746 bits per heavy atom.